The summed E-state index contributed by atoms with van der Waals surface area (Å²) in [5, 5.41) is 14.0. The molecule has 0 fully saturated rings. The van der Waals surface area contributed by atoms with Crippen LogP contribution in [0.5, 0.6) is 0 Å². The second-order valence-electron chi connectivity index (χ2n) is 3.63. The van der Waals surface area contributed by atoms with E-state index in [0.29, 0.717) is 6.54 Å². The highest BCUT2D eigenvalue weighted by Crippen LogP contribution is 2.22. The van der Waals surface area contributed by atoms with Crippen LogP contribution >= 0.6 is 11.3 Å². The third-order valence-electron chi connectivity index (χ3n) is 2.37. The average molecular weight is 251 g/mol. The zero-order valence-corrected chi connectivity index (χ0v) is 9.94. The van der Waals surface area contributed by atoms with Gasteiger partial charge in [0.2, 0.25) is 0 Å². The van der Waals surface area contributed by atoms with Crippen LogP contribution in [-0.4, -0.2) is 11.1 Å². The van der Waals surface area contributed by atoms with Crippen molar-refractivity contribution in [1.29, 1.82) is 0 Å². The van der Waals surface area contributed by atoms with Gasteiger partial charge in [-0.3, -0.25) is 4.79 Å². The number of carboxylic acid groups (broad SMARTS) is 1. The van der Waals surface area contributed by atoms with Crippen molar-refractivity contribution in [2.75, 3.05) is 0 Å². The highest BCUT2D eigenvalue weighted by molar-refractivity contribution is 7.10. The minimum atomic E-state index is -0.810. The fourth-order valence-electron chi connectivity index (χ4n) is 1.57. The number of hydrogen-bond donors (Lipinski definition) is 2. The molecular formula is C12H13NO3S. The third kappa shape index (κ3) is 3.44. The molecule has 17 heavy (non-hydrogen) atoms. The number of hydrogen-bond acceptors (Lipinski definition) is 4. The van der Waals surface area contributed by atoms with Crippen molar-refractivity contribution >= 4 is 17.3 Å². The lowest BCUT2D eigenvalue weighted by atomic mass is 10.1. The second-order valence-corrected chi connectivity index (χ2v) is 4.61. The fraction of sp³-hybridized carbons (Fsp3) is 0.250. The smallest absolute Gasteiger partial charge is 0.305 e. The van der Waals surface area contributed by atoms with Gasteiger partial charge in [-0.2, -0.15) is 0 Å². The molecule has 2 N–H and O–H groups in total. The zero-order valence-electron chi connectivity index (χ0n) is 9.13. The summed E-state index contributed by atoms with van der Waals surface area (Å²) in [5.74, 6) is -0.00714. The minimum Gasteiger partial charge on any atom is -0.481 e. The number of aliphatic carboxylic acids is 1. The Labute approximate surface area is 103 Å². The van der Waals surface area contributed by atoms with Gasteiger partial charge in [0.1, 0.15) is 5.76 Å². The first-order valence-electron chi connectivity index (χ1n) is 5.26. The number of furan rings is 1. The normalized spacial score (nSPS) is 12.5. The van der Waals surface area contributed by atoms with Crippen LogP contribution in [0.2, 0.25) is 0 Å². The van der Waals surface area contributed by atoms with Gasteiger partial charge >= 0.3 is 5.97 Å². The van der Waals surface area contributed by atoms with Gasteiger partial charge in [0.25, 0.3) is 0 Å². The van der Waals surface area contributed by atoms with E-state index in [2.05, 4.69) is 5.32 Å². The molecule has 1 atom stereocenters. The lowest BCUT2D eigenvalue weighted by Crippen LogP contribution is -2.22. The zero-order chi connectivity index (χ0) is 12.1. The lowest BCUT2D eigenvalue weighted by Gasteiger charge is -2.14. The Balaban J connectivity index is 1.98. The first-order chi connectivity index (χ1) is 8.25. The van der Waals surface area contributed by atoms with Gasteiger partial charge in [-0.15, -0.1) is 11.3 Å². The summed E-state index contributed by atoms with van der Waals surface area (Å²) in [6, 6.07) is 7.36. The summed E-state index contributed by atoms with van der Waals surface area (Å²) in [6.45, 7) is 0.531. The molecule has 2 heterocycles. The summed E-state index contributed by atoms with van der Waals surface area (Å²) in [7, 11) is 0. The van der Waals surface area contributed by atoms with Crippen molar-refractivity contribution in [2.45, 2.75) is 19.0 Å². The van der Waals surface area contributed by atoms with Crippen molar-refractivity contribution in [3.8, 4) is 0 Å². The highest BCUT2D eigenvalue weighted by atomic mass is 32.1. The van der Waals surface area contributed by atoms with Crippen LogP contribution in [-0.2, 0) is 11.3 Å². The molecule has 0 aliphatic rings. The molecule has 0 aliphatic carbocycles. The number of carbonyl (C=O) groups is 1. The highest BCUT2D eigenvalue weighted by Gasteiger charge is 2.16. The van der Waals surface area contributed by atoms with E-state index in [9.17, 15) is 4.79 Å². The molecule has 2 aromatic heterocycles. The van der Waals surface area contributed by atoms with E-state index in [1.165, 1.54) is 0 Å². The van der Waals surface area contributed by atoms with Gasteiger partial charge in [0.05, 0.1) is 25.3 Å². The minimum absolute atomic E-state index is 0.0707. The summed E-state index contributed by atoms with van der Waals surface area (Å²) in [5.41, 5.74) is 0. The quantitative estimate of drug-likeness (QED) is 0.828. The van der Waals surface area contributed by atoms with Crippen LogP contribution in [0.1, 0.15) is 23.1 Å². The van der Waals surface area contributed by atoms with Gasteiger partial charge in [0.15, 0.2) is 0 Å². The van der Waals surface area contributed by atoms with Crippen LogP contribution in [0, 0.1) is 0 Å². The summed E-state index contributed by atoms with van der Waals surface area (Å²) < 4.78 is 5.20. The Morgan fingerprint density at radius 3 is 2.94 bits per heavy atom. The van der Waals surface area contributed by atoms with E-state index in [1.807, 2.05) is 29.6 Å². The molecule has 2 rings (SSSR count). The number of nitrogens with one attached hydrogen (secondary N) is 1. The Bertz CT molecular complexity index is 450. The third-order valence-corrected chi connectivity index (χ3v) is 3.35. The number of carboxylic acids is 1. The second kappa shape index (κ2) is 5.65. The molecule has 0 saturated carbocycles. The number of rotatable bonds is 6. The van der Waals surface area contributed by atoms with Crippen LogP contribution in [0.4, 0.5) is 0 Å². The first kappa shape index (κ1) is 11.9. The molecule has 0 radical (unpaired) electrons. The van der Waals surface area contributed by atoms with Crippen LogP contribution in [0.3, 0.4) is 0 Å². The Morgan fingerprint density at radius 1 is 1.47 bits per heavy atom. The fourth-order valence-corrected chi connectivity index (χ4v) is 2.38. The maximum Gasteiger partial charge on any atom is 0.305 e. The summed E-state index contributed by atoms with van der Waals surface area (Å²) >= 11 is 1.55. The molecule has 0 spiro atoms. The van der Waals surface area contributed by atoms with Crippen LogP contribution in [0.25, 0.3) is 0 Å². The van der Waals surface area contributed by atoms with Crippen molar-refractivity contribution in [3.05, 3.63) is 46.5 Å². The predicted octanol–water partition coefficient (Wildman–Crippen LogP) is 2.65. The summed E-state index contributed by atoms with van der Waals surface area (Å²) in [6.07, 6.45) is 1.68. The van der Waals surface area contributed by atoms with E-state index in [1.54, 1.807) is 17.6 Å². The Morgan fingerprint density at radius 2 is 2.35 bits per heavy atom. The van der Waals surface area contributed by atoms with Crippen molar-refractivity contribution < 1.29 is 14.3 Å². The van der Waals surface area contributed by atoms with Gasteiger partial charge in [-0.25, -0.2) is 0 Å². The molecule has 0 saturated heterocycles. The molecule has 0 aromatic carbocycles. The topological polar surface area (TPSA) is 62.5 Å². The van der Waals surface area contributed by atoms with Crippen LogP contribution in [0.15, 0.2) is 40.3 Å². The lowest BCUT2D eigenvalue weighted by molar-refractivity contribution is -0.137. The van der Waals surface area contributed by atoms with E-state index in [-0.39, 0.29) is 12.5 Å². The average Bonchev–Trinajstić information content (AvgIpc) is 2.96. The van der Waals surface area contributed by atoms with E-state index >= 15 is 0 Å². The SMILES string of the molecule is O=C(O)CC(NCc1ccco1)c1cccs1. The Kier molecular flexibility index (Phi) is 3.95. The monoisotopic (exact) mass is 251 g/mol. The molecule has 2 aromatic rings. The summed E-state index contributed by atoms with van der Waals surface area (Å²) in [4.78, 5) is 11.8. The molecule has 0 aliphatic heterocycles. The molecule has 0 amide bonds. The van der Waals surface area contributed by atoms with E-state index < -0.39 is 5.97 Å². The first-order valence-corrected chi connectivity index (χ1v) is 6.14. The maximum atomic E-state index is 10.8. The Hall–Kier alpha value is -1.59. The van der Waals surface area contributed by atoms with E-state index in [4.69, 9.17) is 9.52 Å². The predicted molar refractivity (Wildman–Crippen MR) is 64.9 cm³/mol. The molecule has 0 bridgehead atoms. The number of thiophene rings is 1. The van der Waals surface area contributed by atoms with Gasteiger partial charge in [-0.1, -0.05) is 6.07 Å². The molecular weight excluding hydrogens is 238 g/mol. The molecule has 4 nitrogen and oxygen atoms in total. The van der Waals surface area contributed by atoms with Gasteiger partial charge < -0.3 is 14.8 Å². The van der Waals surface area contributed by atoms with Crippen molar-refractivity contribution in [2.24, 2.45) is 0 Å². The van der Waals surface area contributed by atoms with Crippen LogP contribution < -0.4 is 5.32 Å². The maximum absolute atomic E-state index is 10.8. The molecule has 5 heteroatoms. The van der Waals surface area contributed by atoms with Gasteiger partial charge in [0, 0.05) is 4.88 Å². The standard InChI is InChI=1S/C12H13NO3S/c14-12(15)7-10(11-4-2-6-17-11)13-8-9-3-1-5-16-9/h1-6,10,13H,7-8H2,(H,14,15). The molecule has 1 unspecified atom stereocenters. The van der Waals surface area contributed by atoms with Crippen molar-refractivity contribution in [1.82, 2.24) is 5.32 Å². The largest absolute Gasteiger partial charge is 0.481 e. The van der Waals surface area contributed by atoms with Crippen molar-refractivity contribution in [3.63, 3.8) is 0 Å². The van der Waals surface area contributed by atoms with Gasteiger partial charge in [-0.05, 0) is 23.6 Å². The van der Waals surface area contributed by atoms with E-state index in [0.717, 1.165) is 10.6 Å². The molecule has 90 valence electrons.